The van der Waals surface area contributed by atoms with Crippen LogP contribution in [0.25, 0.3) is 0 Å². The van der Waals surface area contributed by atoms with E-state index < -0.39 is 0 Å². The topological polar surface area (TPSA) is 41.1 Å². The van der Waals surface area contributed by atoms with Crippen LogP contribution in [0.15, 0.2) is 42.0 Å². The van der Waals surface area contributed by atoms with E-state index in [2.05, 4.69) is 42.7 Å². The second kappa shape index (κ2) is 7.99. The largest absolute Gasteiger partial charge is 0.352 e. The number of hydrogen-bond acceptors (Lipinski definition) is 2. The number of carbonyl (C=O) groups is 1. The first-order valence-corrected chi connectivity index (χ1v) is 7.87. The molecule has 3 nitrogen and oxygen atoms in total. The van der Waals surface area contributed by atoms with Crippen LogP contribution >= 0.6 is 0 Å². The molecule has 1 unspecified atom stereocenters. The molecular weight excluding hydrogens is 260 g/mol. The van der Waals surface area contributed by atoms with Gasteiger partial charge in [0.15, 0.2) is 0 Å². The van der Waals surface area contributed by atoms with Crippen molar-refractivity contribution in [1.29, 1.82) is 0 Å². The molecule has 2 rings (SSSR count). The molecule has 2 N–H and O–H groups in total. The third-order valence-electron chi connectivity index (χ3n) is 4.09. The van der Waals surface area contributed by atoms with Crippen molar-refractivity contribution in [1.82, 2.24) is 10.6 Å². The predicted octanol–water partition coefficient (Wildman–Crippen LogP) is 2.54. The lowest BCUT2D eigenvalue weighted by atomic mass is 9.88. The molecule has 0 saturated carbocycles. The van der Waals surface area contributed by atoms with E-state index in [0.717, 1.165) is 25.9 Å². The zero-order valence-electron chi connectivity index (χ0n) is 13.1. The highest BCUT2D eigenvalue weighted by atomic mass is 16.1. The number of benzene rings is 1. The number of rotatable bonds is 6. The SMILES string of the molecule is CC(C)C(Cc1ccccc1)C(=O)NCC1=CCNCC1. The second-order valence-electron chi connectivity index (χ2n) is 6.07. The molecular formula is C18H26N2O. The zero-order valence-corrected chi connectivity index (χ0v) is 13.1. The molecule has 1 aliphatic heterocycles. The Morgan fingerprint density at radius 1 is 1.29 bits per heavy atom. The molecule has 0 fully saturated rings. The summed E-state index contributed by atoms with van der Waals surface area (Å²) >= 11 is 0. The maximum atomic E-state index is 12.5. The maximum absolute atomic E-state index is 12.5. The standard InChI is InChI=1S/C18H26N2O/c1-14(2)17(12-15-6-4-3-5-7-15)18(21)20-13-16-8-10-19-11-9-16/h3-8,14,17,19H,9-13H2,1-2H3,(H,20,21). The summed E-state index contributed by atoms with van der Waals surface area (Å²) in [5.41, 5.74) is 2.57. The van der Waals surface area contributed by atoms with Crippen LogP contribution in [0, 0.1) is 11.8 Å². The minimum Gasteiger partial charge on any atom is -0.352 e. The summed E-state index contributed by atoms with van der Waals surface area (Å²) in [6, 6.07) is 10.3. The van der Waals surface area contributed by atoms with Gasteiger partial charge in [0.25, 0.3) is 0 Å². The summed E-state index contributed by atoms with van der Waals surface area (Å²) in [4.78, 5) is 12.5. The summed E-state index contributed by atoms with van der Waals surface area (Å²) in [6.45, 7) is 6.87. The van der Waals surface area contributed by atoms with Gasteiger partial charge in [-0.15, -0.1) is 0 Å². The number of amides is 1. The highest BCUT2D eigenvalue weighted by molar-refractivity contribution is 5.79. The smallest absolute Gasteiger partial charge is 0.223 e. The van der Waals surface area contributed by atoms with E-state index >= 15 is 0 Å². The van der Waals surface area contributed by atoms with Gasteiger partial charge in [-0.2, -0.15) is 0 Å². The van der Waals surface area contributed by atoms with Crippen LogP contribution in [0.2, 0.25) is 0 Å². The van der Waals surface area contributed by atoms with Crippen LogP contribution in [0.4, 0.5) is 0 Å². The summed E-state index contributed by atoms with van der Waals surface area (Å²) < 4.78 is 0. The fourth-order valence-corrected chi connectivity index (χ4v) is 2.66. The van der Waals surface area contributed by atoms with Crippen LogP contribution in [-0.2, 0) is 11.2 Å². The molecule has 0 aliphatic carbocycles. The van der Waals surface area contributed by atoms with Gasteiger partial charge < -0.3 is 10.6 Å². The van der Waals surface area contributed by atoms with Crippen LogP contribution in [0.5, 0.6) is 0 Å². The Bertz CT molecular complexity index is 479. The van der Waals surface area contributed by atoms with E-state index in [4.69, 9.17) is 0 Å². The van der Waals surface area contributed by atoms with E-state index in [0.29, 0.717) is 12.5 Å². The fourth-order valence-electron chi connectivity index (χ4n) is 2.66. The molecule has 0 saturated heterocycles. The molecule has 1 heterocycles. The molecule has 1 amide bonds. The summed E-state index contributed by atoms with van der Waals surface area (Å²) in [7, 11) is 0. The van der Waals surface area contributed by atoms with Gasteiger partial charge in [-0.1, -0.05) is 55.8 Å². The van der Waals surface area contributed by atoms with E-state index in [1.807, 2.05) is 18.2 Å². The first kappa shape index (κ1) is 15.8. The van der Waals surface area contributed by atoms with Crippen LogP contribution in [-0.4, -0.2) is 25.5 Å². The Labute approximate surface area is 127 Å². The lowest BCUT2D eigenvalue weighted by Crippen LogP contribution is -2.37. The molecule has 0 spiro atoms. The monoisotopic (exact) mass is 286 g/mol. The molecule has 0 bridgehead atoms. The lowest BCUT2D eigenvalue weighted by Gasteiger charge is -2.22. The van der Waals surface area contributed by atoms with Crippen LogP contribution in [0.1, 0.15) is 25.8 Å². The minimum atomic E-state index is 0.0368. The first-order chi connectivity index (χ1) is 10.2. The number of nitrogens with one attached hydrogen (secondary N) is 2. The van der Waals surface area contributed by atoms with Crippen molar-refractivity contribution in [3.05, 3.63) is 47.5 Å². The first-order valence-electron chi connectivity index (χ1n) is 7.87. The number of carbonyl (C=O) groups excluding carboxylic acids is 1. The molecule has 21 heavy (non-hydrogen) atoms. The highest BCUT2D eigenvalue weighted by Crippen LogP contribution is 2.18. The van der Waals surface area contributed by atoms with Crippen molar-refractivity contribution in [2.24, 2.45) is 11.8 Å². The Hall–Kier alpha value is -1.61. The van der Waals surface area contributed by atoms with Gasteiger partial charge in [0.1, 0.15) is 0 Å². The molecule has 1 aromatic rings. The molecule has 1 aliphatic rings. The minimum absolute atomic E-state index is 0.0368. The van der Waals surface area contributed by atoms with Gasteiger partial charge in [0, 0.05) is 19.0 Å². The van der Waals surface area contributed by atoms with Crippen LogP contribution in [0.3, 0.4) is 0 Å². The van der Waals surface area contributed by atoms with Gasteiger partial charge in [-0.05, 0) is 30.9 Å². The van der Waals surface area contributed by atoms with Crippen molar-refractivity contribution < 1.29 is 4.79 Å². The Morgan fingerprint density at radius 3 is 2.67 bits per heavy atom. The van der Waals surface area contributed by atoms with E-state index in [1.54, 1.807) is 0 Å². The van der Waals surface area contributed by atoms with Gasteiger partial charge in [-0.25, -0.2) is 0 Å². The molecule has 114 valence electrons. The Kier molecular flexibility index (Phi) is 6.00. The number of hydrogen-bond donors (Lipinski definition) is 2. The Morgan fingerprint density at radius 2 is 2.05 bits per heavy atom. The normalized spacial score (nSPS) is 16.4. The quantitative estimate of drug-likeness (QED) is 0.789. The molecule has 1 atom stereocenters. The predicted molar refractivity (Wildman–Crippen MR) is 87.1 cm³/mol. The van der Waals surface area contributed by atoms with Crippen molar-refractivity contribution in [2.75, 3.05) is 19.6 Å². The van der Waals surface area contributed by atoms with E-state index in [9.17, 15) is 4.79 Å². The summed E-state index contributed by atoms with van der Waals surface area (Å²) in [6.07, 6.45) is 4.03. The molecule has 1 aromatic carbocycles. The van der Waals surface area contributed by atoms with Crippen molar-refractivity contribution in [3.8, 4) is 0 Å². The Balaban J connectivity index is 1.91. The third kappa shape index (κ3) is 5.01. The van der Waals surface area contributed by atoms with E-state index in [1.165, 1.54) is 11.1 Å². The van der Waals surface area contributed by atoms with Gasteiger partial charge in [0.05, 0.1) is 0 Å². The van der Waals surface area contributed by atoms with Gasteiger partial charge >= 0.3 is 0 Å². The van der Waals surface area contributed by atoms with Crippen molar-refractivity contribution in [3.63, 3.8) is 0 Å². The summed E-state index contributed by atoms with van der Waals surface area (Å²) in [5.74, 6) is 0.551. The highest BCUT2D eigenvalue weighted by Gasteiger charge is 2.22. The van der Waals surface area contributed by atoms with Crippen molar-refractivity contribution >= 4 is 5.91 Å². The third-order valence-corrected chi connectivity index (χ3v) is 4.09. The fraction of sp³-hybridized carbons (Fsp3) is 0.500. The molecule has 0 aromatic heterocycles. The summed E-state index contributed by atoms with van der Waals surface area (Å²) in [5, 5.41) is 6.41. The van der Waals surface area contributed by atoms with Gasteiger partial charge in [-0.3, -0.25) is 4.79 Å². The van der Waals surface area contributed by atoms with E-state index in [-0.39, 0.29) is 11.8 Å². The van der Waals surface area contributed by atoms with Crippen molar-refractivity contribution in [2.45, 2.75) is 26.7 Å². The molecule has 3 heteroatoms. The molecule has 0 radical (unpaired) electrons. The zero-order chi connectivity index (χ0) is 15.1. The average Bonchev–Trinajstić information content (AvgIpc) is 2.52. The van der Waals surface area contributed by atoms with Gasteiger partial charge in [0.2, 0.25) is 5.91 Å². The maximum Gasteiger partial charge on any atom is 0.223 e. The lowest BCUT2D eigenvalue weighted by molar-refractivity contribution is -0.126. The second-order valence-corrected chi connectivity index (χ2v) is 6.07. The average molecular weight is 286 g/mol. The van der Waals surface area contributed by atoms with Crippen LogP contribution < -0.4 is 10.6 Å².